The van der Waals surface area contributed by atoms with Crippen molar-refractivity contribution in [2.24, 2.45) is 0 Å². The van der Waals surface area contributed by atoms with Crippen LogP contribution in [-0.2, 0) is 6.42 Å². The predicted octanol–water partition coefficient (Wildman–Crippen LogP) is 4.91. The normalized spacial score (nSPS) is 10.3. The maximum absolute atomic E-state index is 13.7. The molecule has 2 aromatic rings. The molecular weight excluding hydrogens is 310 g/mol. The van der Waals surface area contributed by atoms with Crippen LogP contribution in [0.15, 0.2) is 24.5 Å². The fourth-order valence-electron chi connectivity index (χ4n) is 1.74. The van der Waals surface area contributed by atoms with Crippen molar-refractivity contribution in [1.82, 2.24) is 4.98 Å². The topological polar surface area (TPSA) is 36.7 Å². The summed E-state index contributed by atoms with van der Waals surface area (Å²) in [6, 6.07) is 4.92. The number of nitrogens with zero attached hydrogens (tertiary/aromatic N) is 2. The number of hydrogen-bond acceptors (Lipinski definition) is 2. The van der Waals surface area contributed by atoms with Crippen LogP contribution in [0.5, 0.6) is 0 Å². The van der Waals surface area contributed by atoms with Gasteiger partial charge in [0, 0.05) is 27.9 Å². The molecule has 0 spiro atoms. The highest BCUT2D eigenvalue weighted by molar-refractivity contribution is 6.41. The summed E-state index contributed by atoms with van der Waals surface area (Å²) in [5.74, 6) is -0.568. The number of benzene rings is 1. The zero-order chi connectivity index (χ0) is 14.0. The molecule has 96 valence electrons. The minimum Gasteiger partial charge on any atom is -0.261 e. The van der Waals surface area contributed by atoms with E-state index in [0.29, 0.717) is 16.1 Å². The van der Waals surface area contributed by atoms with E-state index in [1.807, 2.05) is 6.07 Å². The van der Waals surface area contributed by atoms with E-state index in [-0.39, 0.29) is 22.0 Å². The lowest BCUT2D eigenvalue weighted by atomic mass is 10.00. The second-order valence-electron chi connectivity index (χ2n) is 3.73. The van der Waals surface area contributed by atoms with Gasteiger partial charge < -0.3 is 0 Å². The molecule has 0 radical (unpaired) electrons. The van der Waals surface area contributed by atoms with Crippen LogP contribution in [0, 0.1) is 17.1 Å². The summed E-state index contributed by atoms with van der Waals surface area (Å²) in [6.45, 7) is 0. The molecule has 0 bridgehead atoms. The van der Waals surface area contributed by atoms with Crippen molar-refractivity contribution in [1.29, 1.82) is 5.26 Å². The third-order valence-electron chi connectivity index (χ3n) is 2.54. The summed E-state index contributed by atoms with van der Waals surface area (Å²) < 4.78 is 13.7. The van der Waals surface area contributed by atoms with E-state index >= 15 is 0 Å². The molecule has 0 amide bonds. The van der Waals surface area contributed by atoms with E-state index < -0.39 is 5.82 Å². The largest absolute Gasteiger partial charge is 0.261 e. The molecule has 0 atom stereocenters. The zero-order valence-electron chi connectivity index (χ0n) is 9.42. The van der Waals surface area contributed by atoms with Gasteiger partial charge in [0.25, 0.3) is 0 Å². The molecule has 2 nitrogen and oxygen atoms in total. The molecule has 1 aromatic carbocycles. The molecular formula is C13H6Cl3FN2. The summed E-state index contributed by atoms with van der Waals surface area (Å²) >= 11 is 18.0. The molecule has 1 heterocycles. The van der Waals surface area contributed by atoms with Crippen molar-refractivity contribution in [3.63, 3.8) is 0 Å². The van der Waals surface area contributed by atoms with E-state index in [4.69, 9.17) is 40.1 Å². The van der Waals surface area contributed by atoms with Gasteiger partial charge in [0.2, 0.25) is 0 Å². The number of rotatable bonds is 2. The number of pyridine rings is 1. The first kappa shape index (κ1) is 14.1. The molecule has 2 rings (SSSR count). The van der Waals surface area contributed by atoms with Gasteiger partial charge in [-0.05, 0) is 12.1 Å². The number of halogens is 4. The SMILES string of the molecule is N#CCc1c(F)cncc1-c1c(Cl)cc(Cl)cc1Cl. The maximum atomic E-state index is 13.7. The minimum absolute atomic E-state index is 0.0982. The number of hydrogen-bond donors (Lipinski definition) is 0. The van der Waals surface area contributed by atoms with Crippen LogP contribution in [0.4, 0.5) is 4.39 Å². The average Bonchev–Trinajstić information content (AvgIpc) is 2.32. The van der Waals surface area contributed by atoms with Crippen molar-refractivity contribution in [2.75, 3.05) is 0 Å². The van der Waals surface area contributed by atoms with Crippen LogP contribution in [0.25, 0.3) is 11.1 Å². The van der Waals surface area contributed by atoms with Gasteiger partial charge in [0.05, 0.1) is 28.7 Å². The summed E-state index contributed by atoms with van der Waals surface area (Å²) in [5.41, 5.74) is 1.03. The maximum Gasteiger partial charge on any atom is 0.146 e. The van der Waals surface area contributed by atoms with Crippen LogP contribution in [0.2, 0.25) is 15.1 Å². The van der Waals surface area contributed by atoms with Crippen LogP contribution >= 0.6 is 34.8 Å². The molecule has 6 heteroatoms. The second-order valence-corrected chi connectivity index (χ2v) is 4.98. The zero-order valence-corrected chi connectivity index (χ0v) is 11.7. The lowest BCUT2D eigenvalue weighted by Gasteiger charge is -2.11. The summed E-state index contributed by atoms with van der Waals surface area (Å²) in [7, 11) is 0. The Bertz CT molecular complexity index is 657. The molecule has 0 saturated carbocycles. The van der Waals surface area contributed by atoms with Crippen molar-refractivity contribution in [3.8, 4) is 17.2 Å². The Kier molecular flexibility index (Phi) is 4.26. The van der Waals surface area contributed by atoms with Crippen LogP contribution in [0.1, 0.15) is 5.56 Å². The van der Waals surface area contributed by atoms with Crippen molar-refractivity contribution in [2.45, 2.75) is 6.42 Å². The Balaban J connectivity index is 2.73. The molecule has 0 saturated heterocycles. The molecule has 0 fully saturated rings. The van der Waals surface area contributed by atoms with E-state index in [9.17, 15) is 4.39 Å². The Morgan fingerprint density at radius 3 is 2.37 bits per heavy atom. The standard InChI is InChI=1S/C13H6Cl3FN2/c14-7-3-10(15)13(11(16)4-7)9-5-19-6-12(17)8(9)1-2-18/h3-6H,1H2. The molecule has 19 heavy (non-hydrogen) atoms. The van der Waals surface area contributed by atoms with E-state index in [2.05, 4.69) is 4.98 Å². The van der Waals surface area contributed by atoms with Gasteiger partial charge in [-0.15, -0.1) is 0 Å². The van der Waals surface area contributed by atoms with Crippen molar-refractivity contribution < 1.29 is 4.39 Å². The first-order valence-electron chi connectivity index (χ1n) is 5.19. The third-order valence-corrected chi connectivity index (χ3v) is 3.35. The molecule has 1 aromatic heterocycles. The van der Waals surface area contributed by atoms with Crippen LogP contribution in [0.3, 0.4) is 0 Å². The van der Waals surface area contributed by atoms with Crippen molar-refractivity contribution >= 4 is 34.8 Å². The van der Waals surface area contributed by atoms with E-state index in [0.717, 1.165) is 6.20 Å². The fourth-order valence-corrected chi connectivity index (χ4v) is 2.76. The highest BCUT2D eigenvalue weighted by Gasteiger charge is 2.17. The van der Waals surface area contributed by atoms with E-state index in [1.54, 1.807) is 0 Å². The Morgan fingerprint density at radius 2 is 1.79 bits per heavy atom. The Labute approximate surface area is 124 Å². The molecule has 0 N–H and O–H groups in total. The van der Waals surface area contributed by atoms with Crippen LogP contribution in [-0.4, -0.2) is 4.98 Å². The minimum atomic E-state index is -0.568. The van der Waals surface area contributed by atoms with Gasteiger partial charge in [0.1, 0.15) is 5.82 Å². The smallest absolute Gasteiger partial charge is 0.146 e. The number of nitriles is 1. The number of aromatic nitrogens is 1. The first-order valence-corrected chi connectivity index (χ1v) is 6.32. The fraction of sp³-hybridized carbons (Fsp3) is 0.0769. The second kappa shape index (κ2) is 5.75. The molecule has 0 aliphatic rings. The Morgan fingerprint density at radius 1 is 1.16 bits per heavy atom. The lowest BCUT2D eigenvalue weighted by Crippen LogP contribution is -1.96. The van der Waals surface area contributed by atoms with Gasteiger partial charge in [-0.1, -0.05) is 34.8 Å². The lowest BCUT2D eigenvalue weighted by molar-refractivity contribution is 0.609. The summed E-state index contributed by atoms with van der Waals surface area (Å²) in [5, 5.41) is 9.72. The van der Waals surface area contributed by atoms with E-state index in [1.165, 1.54) is 18.3 Å². The summed E-state index contributed by atoms with van der Waals surface area (Å²) in [6.07, 6.45) is 2.38. The van der Waals surface area contributed by atoms with Gasteiger partial charge in [-0.25, -0.2) is 4.39 Å². The molecule has 0 aliphatic heterocycles. The quantitative estimate of drug-likeness (QED) is 0.789. The summed E-state index contributed by atoms with van der Waals surface area (Å²) in [4.78, 5) is 3.77. The Hall–Kier alpha value is -1.34. The van der Waals surface area contributed by atoms with Gasteiger partial charge >= 0.3 is 0 Å². The molecule has 0 unspecified atom stereocenters. The van der Waals surface area contributed by atoms with Crippen molar-refractivity contribution in [3.05, 3.63) is 51.0 Å². The van der Waals surface area contributed by atoms with Gasteiger partial charge in [-0.2, -0.15) is 5.26 Å². The third kappa shape index (κ3) is 2.82. The first-order chi connectivity index (χ1) is 9.04. The van der Waals surface area contributed by atoms with Gasteiger partial charge in [0.15, 0.2) is 0 Å². The predicted molar refractivity (Wildman–Crippen MR) is 74.0 cm³/mol. The highest BCUT2D eigenvalue weighted by Crippen LogP contribution is 2.39. The highest BCUT2D eigenvalue weighted by atomic mass is 35.5. The van der Waals surface area contributed by atoms with Crippen LogP contribution < -0.4 is 0 Å². The molecule has 0 aliphatic carbocycles. The monoisotopic (exact) mass is 314 g/mol. The average molecular weight is 316 g/mol. The van der Waals surface area contributed by atoms with Gasteiger partial charge in [-0.3, -0.25) is 4.98 Å².